The molecular weight excluding hydrogens is 266 g/mol. The number of rotatable bonds is 9. The molecule has 1 rings (SSSR count). The molecule has 20 heavy (non-hydrogen) atoms. The zero-order valence-electron chi connectivity index (χ0n) is 13.2. The molecule has 0 amide bonds. The number of aliphatic hydroxyl groups excluding tert-OH is 1. The molecule has 0 saturated carbocycles. The van der Waals surface area contributed by atoms with E-state index in [-0.39, 0.29) is 12.6 Å². The fourth-order valence-corrected chi connectivity index (χ4v) is 3.05. The predicted molar refractivity (Wildman–Crippen MR) is 89.5 cm³/mol. The fraction of sp³-hybridized carbons (Fsp3) is 0.647. The van der Waals surface area contributed by atoms with E-state index in [9.17, 15) is 5.11 Å². The lowest BCUT2D eigenvalue weighted by Crippen LogP contribution is -2.40. The van der Waals surface area contributed by atoms with Gasteiger partial charge in [0, 0.05) is 17.0 Å². The largest absolute Gasteiger partial charge is 0.395 e. The third-order valence-electron chi connectivity index (χ3n) is 3.55. The van der Waals surface area contributed by atoms with Crippen LogP contribution >= 0.6 is 11.8 Å². The van der Waals surface area contributed by atoms with Crippen molar-refractivity contribution in [3.63, 3.8) is 0 Å². The van der Waals surface area contributed by atoms with Crippen LogP contribution in [0.4, 0.5) is 0 Å². The summed E-state index contributed by atoms with van der Waals surface area (Å²) in [5.41, 5.74) is 1.39. The Labute approximate surface area is 128 Å². The smallest absolute Gasteiger partial charge is 0.0584 e. The Bertz CT molecular complexity index is 381. The van der Waals surface area contributed by atoms with Crippen LogP contribution in [0.5, 0.6) is 0 Å². The first-order valence-corrected chi connectivity index (χ1v) is 8.78. The zero-order valence-corrected chi connectivity index (χ0v) is 14.0. The summed E-state index contributed by atoms with van der Waals surface area (Å²) < 4.78 is 0. The van der Waals surface area contributed by atoms with E-state index in [4.69, 9.17) is 0 Å². The maximum atomic E-state index is 9.49. The molecule has 0 aliphatic rings. The fourth-order valence-electron chi connectivity index (χ4n) is 2.42. The van der Waals surface area contributed by atoms with Gasteiger partial charge in [0.25, 0.3) is 0 Å². The minimum absolute atomic E-state index is 0.217. The van der Waals surface area contributed by atoms with Gasteiger partial charge in [0.15, 0.2) is 0 Å². The van der Waals surface area contributed by atoms with E-state index in [0.717, 1.165) is 19.3 Å². The highest BCUT2D eigenvalue weighted by Crippen LogP contribution is 2.21. The number of thioether (sulfide) groups is 1. The standard InChI is InChI=1S/C17H29NOS/c1-13(2)9-10-16(12-19)18-14(3)11-15-7-5-6-8-17(15)20-4/h5-8,13-14,16,18-19H,9-12H2,1-4H3. The van der Waals surface area contributed by atoms with Crippen molar-refractivity contribution in [2.75, 3.05) is 12.9 Å². The molecule has 0 aliphatic carbocycles. The molecule has 2 N–H and O–H groups in total. The minimum atomic E-state index is 0.217. The Morgan fingerprint density at radius 2 is 1.85 bits per heavy atom. The number of aliphatic hydroxyl groups is 1. The van der Waals surface area contributed by atoms with Gasteiger partial charge in [-0.25, -0.2) is 0 Å². The molecule has 0 fully saturated rings. The maximum Gasteiger partial charge on any atom is 0.0584 e. The topological polar surface area (TPSA) is 32.3 Å². The summed E-state index contributed by atoms with van der Waals surface area (Å²) in [5.74, 6) is 0.693. The monoisotopic (exact) mass is 295 g/mol. The van der Waals surface area contributed by atoms with Gasteiger partial charge in [-0.15, -0.1) is 11.8 Å². The predicted octanol–water partition coefficient (Wildman–Crippen LogP) is 3.73. The number of hydrogen-bond acceptors (Lipinski definition) is 3. The number of hydrogen-bond donors (Lipinski definition) is 2. The lowest BCUT2D eigenvalue weighted by molar-refractivity contribution is 0.220. The molecule has 114 valence electrons. The molecule has 0 aromatic heterocycles. The lowest BCUT2D eigenvalue weighted by atomic mass is 10.0. The van der Waals surface area contributed by atoms with Crippen molar-refractivity contribution in [3.05, 3.63) is 29.8 Å². The second-order valence-corrected chi connectivity index (χ2v) is 6.78. The van der Waals surface area contributed by atoms with Crippen LogP contribution in [0, 0.1) is 5.92 Å². The van der Waals surface area contributed by atoms with E-state index in [0.29, 0.717) is 12.0 Å². The van der Waals surface area contributed by atoms with E-state index in [1.54, 1.807) is 11.8 Å². The minimum Gasteiger partial charge on any atom is -0.395 e. The van der Waals surface area contributed by atoms with Crippen molar-refractivity contribution in [3.8, 4) is 0 Å². The van der Waals surface area contributed by atoms with Gasteiger partial charge in [-0.1, -0.05) is 32.0 Å². The van der Waals surface area contributed by atoms with Crippen molar-refractivity contribution in [2.45, 2.75) is 57.0 Å². The van der Waals surface area contributed by atoms with E-state index in [1.807, 2.05) is 0 Å². The average molecular weight is 295 g/mol. The Hall–Kier alpha value is -0.510. The maximum absolute atomic E-state index is 9.49. The van der Waals surface area contributed by atoms with Crippen molar-refractivity contribution in [1.82, 2.24) is 5.32 Å². The van der Waals surface area contributed by atoms with Crippen LogP contribution in [-0.4, -0.2) is 30.1 Å². The molecule has 2 nitrogen and oxygen atoms in total. The summed E-state index contributed by atoms with van der Waals surface area (Å²) in [5, 5.41) is 13.1. The summed E-state index contributed by atoms with van der Waals surface area (Å²) in [6, 6.07) is 9.17. The highest BCUT2D eigenvalue weighted by Gasteiger charge is 2.13. The Kier molecular flexibility index (Phi) is 8.27. The van der Waals surface area contributed by atoms with Crippen molar-refractivity contribution < 1.29 is 5.11 Å². The van der Waals surface area contributed by atoms with Gasteiger partial charge < -0.3 is 10.4 Å². The zero-order chi connectivity index (χ0) is 15.0. The van der Waals surface area contributed by atoms with Gasteiger partial charge >= 0.3 is 0 Å². The van der Waals surface area contributed by atoms with E-state index < -0.39 is 0 Å². The van der Waals surface area contributed by atoms with Gasteiger partial charge in [-0.2, -0.15) is 0 Å². The van der Waals surface area contributed by atoms with E-state index in [2.05, 4.69) is 56.6 Å². The third-order valence-corrected chi connectivity index (χ3v) is 4.39. The van der Waals surface area contributed by atoms with Gasteiger partial charge in [0.05, 0.1) is 6.61 Å². The number of nitrogens with one attached hydrogen (secondary N) is 1. The van der Waals surface area contributed by atoms with Crippen molar-refractivity contribution in [2.24, 2.45) is 5.92 Å². The molecule has 0 aliphatic heterocycles. The van der Waals surface area contributed by atoms with Crippen molar-refractivity contribution >= 4 is 11.8 Å². The first-order valence-electron chi connectivity index (χ1n) is 7.55. The molecule has 1 aromatic carbocycles. The quantitative estimate of drug-likeness (QED) is 0.681. The van der Waals surface area contributed by atoms with Crippen LogP contribution in [0.3, 0.4) is 0 Å². The Morgan fingerprint density at radius 3 is 2.45 bits per heavy atom. The van der Waals surface area contributed by atoms with Crippen LogP contribution in [0.2, 0.25) is 0 Å². The molecule has 0 radical (unpaired) electrons. The van der Waals surface area contributed by atoms with Crippen LogP contribution in [0.1, 0.15) is 39.2 Å². The summed E-state index contributed by atoms with van der Waals surface area (Å²) in [6.07, 6.45) is 5.33. The summed E-state index contributed by atoms with van der Waals surface area (Å²) in [6.45, 7) is 6.88. The van der Waals surface area contributed by atoms with Crippen LogP contribution < -0.4 is 5.32 Å². The van der Waals surface area contributed by atoms with Crippen LogP contribution in [0.15, 0.2) is 29.2 Å². The lowest BCUT2D eigenvalue weighted by Gasteiger charge is -2.23. The summed E-state index contributed by atoms with van der Waals surface area (Å²) in [4.78, 5) is 1.35. The summed E-state index contributed by atoms with van der Waals surface area (Å²) >= 11 is 1.80. The van der Waals surface area contributed by atoms with Gasteiger partial charge in [0.1, 0.15) is 0 Å². The molecule has 3 heteroatoms. The van der Waals surface area contributed by atoms with Gasteiger partial charge in [-0.3, -0.25) is 0 Å². The van der Waals surface area contributed by atoms with Crippen LogP contribution in [-0.2, 0) is 6.42 Å². The molecule has 0 heterocycles. The molecule has 1 aromatic rings. The molecule has 2 atom stereocenters. The Morgan fingerprint density at radius 1 is 1.15 bits per heavy atom. The Balaban J connectivity index is 2.50. The van der Waals surface area contributed by atoms with Gasteiger partial charge in [0.2, 0.25) is 0 Å². The average Bonchev–Trinajstić information content (AvgIpc) is 2.43. The second kappa shape index (κ2) is 9.43. The first-order chi connectivity index (χ1) is 9.56. The highest BCUT2D eigenvalue weighted by molar-refractivity contribution is 7.98. The second-order valence-electron chi connectivity index (χ2n) is 5.93. The normalized spacial score (nSPS) is 14.5. The van der Waals surface area contributed by atoms with E-state index >= 15 is 0 Å². The molecule has 2 unspecified atom stereocenters. The third kappa shape index (κ3) is 6.29. The van der Waals surface area contributed by atoms with E-state index in [1.165, 1.54) is 10.5 Å². The van der Waals surface area contributed by atoms with Crippen LogP contribution in [0.25, 0.3) is 0 Å². The highest BCUT2D eigenvalue weighted by atomic mass is 32.2. The molecule has 0 saturated heterocycles. The molecular formula is C17H29NOS. The van der Waals surface area contributed by atoms with Gasteiger partial charge in [-0.05, 0) is 50.0 Å². The van der Waals surface area contributed by atoms with Crippen molar-refractivity contribution in [1.29, 1.82) is 0 Å². The SMILES string of the molecule is CSc1ccccc1CC(C)NC(CO)CCC(C)C. The molecule has 0 bridgehead atoms. The summed E-state index contributed by atoms with van der Waals surface area (Å²) in [7, 11) is 0. The first kappa shape index (κ1) is 17.5. The number of benzene rings is 1. The molecule has 0 spiro atoms.